The van der Waals surface area contributed by atoms with Gasteiger partial charge in [-0.3, -0.25) is 0 Å². The molecule has 0 fully saturated rings. The van der Waals surface area contributed by atoms with E-state index in [-0.39, 0.29) is 0 Å². The summed E-state index contributed by atoms with van der Waals surface area (Å²) in [5.41, 5.74) is 9.20. The van der Waals surface area contributed by atoms with Crippen LogP contribution in [0.2, 0.25) is 25.7 Å². The molecule has 0 aliphatic heterocycles. The van der Waals surface area contributed by atoms with E-state index in [1.165, 1.54) is 22.7 Å². The molecule has 0 saturated heterocycles. The molecule has 0 spiro atoms. The van der Waals surface area contributed by atoms with Gasteiger partial charge in [0.1, 0.15) is 0 Å². The van der Waals surface area contributed by atoms with Gasteiger partial charge in [0.05, 0.1) is 0 Å². The molecule has 1 aromatic rings. The van der Waals surface area contributed by atoms with Crippen molar-refractivity contribution >= 4 is 13.6 Å². The number of allylic oxidation sites excluding steroid dienone is 2. The number of hydrogen-bond donors (Lipinski definition) is 0. The smallest absolute Gasteiger partial charge is 0.0487 e. The summed E-state index contributed by atoms with van der Waals surface area (Å²) in [5, 5.41) is 0. The molecule has 1 heteroatoms. The summed E-state index contributed by atoms with van der Waals surface area (Å²) in [6.45, 7) is 14.2. The lowest BCUT2D eigenvalue weighted by Crippen LogP contribution is -2.19. The van der Waals surface area contributed by atoms with Crippen molar-refractivity contribution in [3.05, 3.63) is 40.0 Å². The average Bonchev–Trinajstić information content (AvgIpc) is 2.55. The summed E-state index contributed by atoms with van der Waals surface area (Å²) >= 11 is 0. The fourth-order valence-corrected chi connectivity index (χ4v) is 4.30. The topological polar surface area (TPSA) is 0 Å². The van der Waals surface area contributed by atoms with Crippen LogP contribution in [0.15, 0.2) is 12.1 Å². The summed E-state index contributed by atoms with van der Waals surface area (Å²) in [5.74, 6) is 0. The van der Waals surface area contributed by atoms with Crippen LogP contribution in [-0.2, 0) is 6.42 Å². The molecule has 0 unspecified atom stereocenters. The summed E-state index contributed by atoms with van der Waals surface area (Å²) in [4.78, 5) is 0. The Morgan fingerprint density at radius 1 is 1.06 bits per heavy atom. The number of hydrogen-bond acceptors (Lipinski definition) is 0. The lowest BCUT2D eigenvalue weighted by molar-refractivity contribution is 1.19. The molecular formula is C16H24Si. The molecular weight excluding hydrogens is 220 g/mol. The zero-order valence-corrected chi connectivity index (χ0v) is 13.1. The predicted molar refractivity (Wildman–Crippen MR) is 80.5 cm³/mol. The van der Waals surface area contributed by atoms with E-state index < -0.39 is 8.07 Å². The van der Waals surface area contributed by atoms with Crippen molar-refractivity contribution in [3.63, 3.8) is 0 Å². The van der Waals surface area contributed by atoms with Gasteiger partial charge in [-0.1, -0.05) is 31.8 Å². The molecule has 2 rings (SSSR count). The maximum atomic E-state index is 2.47. The Morgan fingerprint density at radius 2 is 1.71 bits per heavy atom. The Bertz CT molecular complexity index is 487. The van der Waals surface area contributed by atoms with E-state index in [0.717, 1.165) is 6.42 Å². The van der Waals surface area contributed by atoms with Gasteiger partial charge in [-0.2, -0.15) is 0 Å². The lowest BCUT2D eigenvalue weighted by atomic mass is 9.93. The van der Waals surface area contributed by atoms with Gasteiger partial charge in [0.2, 0.25) is 0 Å². The van der Waals surface area contributed by atoms with Crippen LogP contribution in [0, 0.1) is 20.8 Å². The number of fused-ring (bicyclic) bond motifs is 1. The van der Waals surface area contributed by atoms with Crippen LogP contribution in [0.25, 0.3) is 5.57 Å². The van der Waals surface area contributed by atoms with E-state index in [9.17, 15) is 0 Å². The molecule has 0 bridgehead atoms. The monoisotopic (exact) mass is 244 g/mol. The highest BCUT2D eigenvalue weighted by Gasteiger charge is 2.23. The molecule has 0 aromatic heterocycles. The van der Waals surface area contributed by atoms with Crippen molar-refractivity contribution in [1.82, 2.24) is 0 Å². The van der Waals surface area contributed by atoms with Crippen molar-refractivity contribution in [1.29, 1.82) is 0 Å². The van der Waals surface area contributed by atoms with Crippen LogP contribution in [0.5, 0.6) is 0 Å². The third kappa shape index (κ3) is 2.39. The molecule has 0 saturated carbocycles. The zero-order valence-electron chi connectivity index (χ0n) is 12.1. The highest BCUT2D eigenvalue weighted by molar-refractivity contribution is 6.77. The standard InChI is InChI=1S/C16H24Si/c1-11-9-14-7-8-15(10-17(4,5)6)16(14)13(3)12(11)2/h8-9H,7,10H2,1-6H3. The van der Waals surface area contributed by atoms with Crippen molar-refractivity contribution in [2.24, 2.45) is 0 Å². The molecule has 0 N–H and O–H groups in total. The third-order valence-corrected chi connectivity index (χ3v) is 5.29. The van der Waals surface area contributed by atoms with E-state index in [2.05, 4.69) is 52.6 Å². The largest absolute Gasteiger partial charge is 0.0766 e. The van der Waals surface area contributed by atoms with Gasteiger partial charge < -0.3 is 0 Å². The molecule has 1 aliphatic rings. The van der Waals surface area contributed by atoms with Gasteiger partial charge in [-0.25, -0.2) is 0 Å². The molecule has 0 nitrogen and oxygen atoms in total. The zero-order chi connectivity index (χ0) is 12.8. The predicted octanol–water partition coefficient (Wildman–Crippen LogP) is 4.89. The molecule has 0 radical (unpaired) electrons. The van der Waals surface area contributed by atoms with Gasteiger partial charge in [0.25, 0.3) is 0 Å². The molecule has 17 heavy (non-hydrogen) atoms. The summed E-state index contributed by atoms with van der Waals surface area (Å²) in [6.07, 6.45) is 3.62. The van der Waals surface area contributed by atoms with Crippen LogP contribution in [0.1, 0.15) is 27.8 Å². The summed E-state index contributed by atoms with van der Waals surface area (Å²) in [6, 6.07) is 3.72. The second kappa shape index (κ2) is 4.13. The van der Waals surface area contributed by atoms with Gasteiger partial charge in [-0.05, 0) is 66.6 Å². The molecule has 1 aromatic carbocycles. The van der Waals surface area contributed by atoms with E-state index >= 15 is 0 Å². The number of rotatable bonds is 2. The molecule has 0 heterocycles. The van der Waals surface area contributed by atoms with E-state index in [1.807, 2.05) is 0 Å². The first-order valence-corrected chi connectivity index (χ1v) is 10.3. The van der Waals surface area contributed by atoms with Gasteiger partial charge >= 0.3 is 0 Å². The Morgan fingerprint density at radius 3 is 2.29 bits per heavy atom. The molecule has 1 aliphatic carbocycles. The number of aryl methyl sites for hydroxylation is 1. The second-order valence-corrected chi connectivity index (χ2v) is 12.1. The quantitative estimate of drug-likeness (QED) is 0.650. The van der Waals surface area contributed by atoms with E-state index in [4.69, 9.17) is 0 Å². The third-order valence-electron chi connectivity index (χ3n) is 3.85. The number of benzene rings is 1. The minimum Gasteiger partial charge on any atom is -0.0766 e. The first-order valence-electron chi connectivity index (χ1n) is 6.58. The van der Waals surface area contributed by atoms with Crippen LogP contribution in [-0.4, -0.2) is 8.07 Å². The highest BCUT2D eigenvalue weighted by atomic mass is 28.3. The SMILES string of the molecule is Cc1cc2c(c(C)c1C)C(C[Si](C)(C)C)=CC2. The normalized spacial score (nSPS) is 14.8. The summed E-state index contributed by atoms with van der Waals surface area (Å²) < 4.78 is 0. The van der Waals surface area contributed by atoms with Gasteiger partial charge in [0, 0.05) is 8.07 Å². The Kier molecular flexibility index (Phi) is 3.07. The first-order chi connectivity index (χ1) is 7.79. The van der Waals surface area contributed by atoms with Crippen molar-refractivity contribution in [3.8, 4) is 0 Å². The minimum absolute atomic E-state index is 1.01. The van der Waals surface area contributed by atoms with Gasteiger partial charge in [-0.15, -0.1) is 0 Å². The Balaban J connectivity index is 2.46. The van der Waals surface area contributed by atoms with Gasteiger partial charge in [0.15, 0.2) is 0 Å². The maximum Gasteiger partial charge on any atom is 0.0487 e. The molecule has 92 valence electrons. The van der Waals surface area contributed by atoms with E-state index in [1.54, 1.807) is 16.7 Å². The van der Waals surface area contributed by atoms with Crippen molar-refractivity contribution in [2.75, 3.05) is 0 Å². The first kappa shape index (κ1) is 12.6. The molecule has 0 atom stereocenters. The van der Waals surface area contributed by atoms with Crippen LogP contribution in [0.3, 0.4) is 0 Å². The fraction of sp³-hybridized carbons (Fsp3) is 0.500. The summed E-state index contributed by atoms with van der Waals surface area (Å²) in [7, 11) is -1.01. The van der Waals surface area contributed by atoms with Crippen molar-refractivity contribution < 1.29 is 0 Å². The lowest BCUT2D eigenvalue weighted by Gasteiger charge is -2.20. The second-order valence-electron chi connectivity index (χ2n) is 6.65. The maximum absolute atomic E-state index is 2.47. The van der Waals surface area contributed by atoms with Crippen LogP contribution < -0.4 is 0 Å². The van der Waals surface area contributed by atoms with Crippen LogP contribution >= 0.6 is 0 Å². The Hall–Kier alpha value is -0.823. The molecule has 0 amide bonds. The van der Waals surface area contributed by atoms with Crippen LogP contribution in [0.4, 0.5) is 0 Å². The Labute approximate surface area is 107 Å². The van der Waals surface area contributed by atoms with Crippen molar-refractivity contribution in [2.45, 2.75) is 52.9 Å². The van der Waals surface area contributed by atoms with E-state index in [0.29, 0.717) is 0 Å². The average molecular weight is 244 g/mol. The fourth-order valence-electron chi connectivity index (χ4n) is 2.84. The highest BCUT2D eigenvalue weighted by Crippen LogP contribution is 2.37. The minimum atomic E-state index is -1.01.